The number of hydrogen-bond donors (Lipinski definition) is 0. The number of rotatable bonds is 8. The Morgan fingerprint density at radius 2 is 1.44 bits per heavy atom. The summed E-state index contributed by atoms with van der Waals surface area (Å²) in [6.45, 7) is -2.57. The van der Waals surface area contributed by atoms with Crippen LogP contribution in [0.3, 0.4) is 0 Å². The van der Waals surface area contributed by atoms with Gasteiger partial charge in [0.25, 0.3) is 0 Å². The van der Waals surface area contributed by atoms with Crippen LogP contribution in [0.5, 0.6) is 5.75 Å². The van der Waals surface area contributed by atoms with Gasteiger partial charge in [-0.1, -0.05) is 12.8 Å². The van der Waals surface area contributed by atoms with Gasteiger partial charge >= 0.3 is 12.6 Å². The van der Waals surface area contributed by atoms with Crippen molar-refractivity contribution in [1.29, 1.82) is 0 Å². The van der Waals surface area contributed by atoms with Crippen LogP contribution in [-0.2, 0) is 14.8 Å². The molecule has 0 unspecified atom stereocenters. The number of nitrogens with zero attached hydrogens (tertiary/aromatic N) is 1. The lowest BCUT2D eigenvalue weighted by molar-refractivity contribution is -0.0498. The number of esters is 1. The Hall–Kier alpha value is -2.85. The van der Waals surface area contributed by atoms with Crippen molar-refractivity contribution in [3.8, 4) is 5.75 Å². The molecule has 2 aromatic rings. The molecule has 1 heterocycles. The van der Waals surface area contributed by atoms with Crippen LogP contribution >= 0.6 is 0 Å². The van der Waals surface area contributed by atoms with Crippen molar-refractivity contribution in [2.75, 3.05) is 19.7 Å². The molecule has 2 aromatic carbocycles. The second kappa shape index (κ2) is 10.6. The van der Waals surface area contributed by atoms with Gasteiger partial charge in [-0.3, -0.25) is 4.79 Å². The third kappa shape index (κ3) is 6.10. The summed E-state index contributed by atoms with van der Waals surface area (Å²) in [6, 6.07) is 10.4. The summed E-state index contributed by atoms with van der Waals surface area (Å²) in [5.74, 6) is -1.40. The molecule has 172 valence electrons. The van der Waals surface area contributed by atoms with Crippen LogP contribution in [0.25, 0.3) is 0 Å². The highest BCUT2D eigenvalue weighted by Gasteiger charge is 2.25. The van der Waals surface area contributed by atoms with E-state index in [-0.39, 0.29) is 21.8 Å². The normalized spacial score (nSPS) is 15.2. The van der Waals surface area contributed by atoms with Crippen LogP contribution in [-0.4, -0.2) is 50.8 Å². The van der Waals surface area contributed by atoms with Gasteiger partial charge in [0.2, 0.25) is 10.0 Å². The fourth-order valence-electron chi connectivity index (χ4n) is 3.31. The maximum atomic E-state index is 12.8. The van der Waals surface area contributed by atoms with Crippen molar-refractivity contribution in [3.05, 3.63) is 59.7 Å². The van der Waals surface area contributed by atoms with Crippen LogP contribution in [0.4, 0.5) is 8.78 Å². The predicted octanol–water partition coefficient (Wildman–Crippen LogP) is 3.89. The second-order valence-corrected chi connectivity index (χ2v) is 9.18. The number of carbonyl (C=O) groups is 2. The highest BCUT2D eigenvalue weighted by Crippen LogP contribution is 2.21. The lowest BCUT2D eigenvalue weighted by Gasteiger charge is -2.19. The monoisotopic (exact) mass is 467 g/mol. The number of hydrogen-bond acceptors (Lipinski definition) is 6. The van der Waals surface area contributed by atoms with Gasteiger partial charge in [-0.2, -0.15) is 13.1 Å². The van der Waals surface area contributed by atoms with Crippen molar-refractivity contribution in [3.63, 3.8) is 0 Å². The van der Waals surface area contributed by atoms with E-state index >= 15 is 0 Å². The van der Waals surface area contributed by atoms with E-state index in [4.69, 9.17) is 4.74 Å². The first-order valence-corrected chi connectivity index (χ1v) is 11.6. The smallest absolute Gasteiger partial charge is 0.387 e. The van der Waals surface area contributed by atoms with Crippen LogP contribution in [0.2, 0.25) is 0 Å². The van der Waals surface area contributed by atoms with Gasteiger partial charge in [0.15, 0.2) is 12.4 Å². The zero-order valence-electron chi connectivity index (χ0n) is 17.2. The molecule has 32 heavy (non-hydrogen) atoms. The molecule has 0 atom stereocenters. The van der Waals surface area contributed by atoms with Crippen LogP contribution in [0, 0.1) is 0 Å². The fraction of sp³-hybridized carbons (Fsp3) is 0.364. The predicted molar refractivity (Wildman–Crippen MR) is 111 cm³/mol. The molecule has 10 heteroatoms. The average Bonchev–Trinajstić information content (AvgIpc) is 3.08. The third-order valence-electron chi connectivity index (χ3n) is 5.03. The SMILES string of the molecule is O=C(COC(=O)c1ccc(S(=O)(=O)N2CCCCCC2)cc1)c1ccc(OC(F)F)cc1. The first kappa shape index (κ1) is 23.8. The van der Waals surface area contributed by atoms with Gasteiger partial charge in [-0.05, 0) is 61.4 Å². The Morgan fingerprint density at radius 1 is 0.875 bits per heavy atom. The topological polar surface area (TPSA) is 90.0 Å². The molecule has 0 spiro atoms. The fourth-order valence-corrected chi connectivity index (χ4v) is 4.83. The van der Waals surface area contributed by atoms with Crippen LogP contribution in [0.1, 0.15) is 46.4 Å². The van der Waals surface area contributed by atoms with E-state index in [0.717, 1.165) is 25.7 Å². The molecule has 0 saturated carbocycles. The number of Topliss-reactive ketones (excluding diaryl/α,β-unsaturated/α-hetero) is 1. The number of benzene rings is 2. The summed E-state index contributed by atoms with van der Waals surface area (Å²) in [5.41, 5.74) is 0.270. The molecule has 1 saturated heterocycles. The summed E-state index contributed by atoms with van der Waals surface area (Å²) >= 11 is 0. The largest absolute Gasteiger partial charge is 0.454 e. The van der Waals surface area contributed by atoms with Gasteiger partial charge in [-0.15, -0.1) is 0 Å². The lowest BCUT2D eigenvalue weighted by Crippen LogP contribution is -2.31. The molecule has 1 aliphatic rings. The minimum absolute atomic E-state index is 0.0937. The molecular weight excluding hydrogens is 444 g/mol. The minimum Gasteiger partial charge on any atom is -0.454 e. The molecule has 0 bridgehead atoms. The maximum absolute atomic E-state index is 12.8. The molecule has 0 aliphatic carbocycles. The van der Waals surface area contributed by atoms with Gasteiger partial charge in [0.1, 0.15) is 5.75 Å². The molecule has 1 aliphatic heterocycles. The van der Waals surface area contributed by atoms with Crippen molar-refractivity contribution in [2.24, 2.45) is 0 Å². The Kier molecular flexibility index (Phi) is 7.92. The van der Waals surface area contributed by atoms with E-state index in [9.17, 15) is 26.8 Å². The highest BCUT2D eigenvalue weighted by molar-refractivity contribution is 7.89. The second-order valence-electron chi connectivity index (χ2n) is 7.24. The molecule has 3 rings (SSSR count). The molecule has 0 aromatic heterocycles. The van der Waals surface area contributed by atoms with E-state index in [0.29, 0.717) is 13.1 Å². The maximum Gasteiger partial charge on any atom is 0.387 e. The van der Waals surface area contributed by atoms with Crippen LogP contribution in [0.15, 0.2) is 53.4 Å². The van der Waals surface area contributed by atoms with Crippen molar-refractivity contribution < 1.29 is 36.3 Å². The van der Waals surface area contributed by atoms with Gasteiger partial charge in [0, 0.05) is 18.7 Å². The summed E-state index contributed by atoms with van der Waals surface area (Å²) in [7, 11) is -3.63. The molecule has 7 nitrogen and oxygen atoms in total. The highest BCUT2D eigenvalue weighted by atomic mass is 32.2. The Labute approximate surface area is 185 Å². The summed E-state index contributed by atoms with van der Waals surface area (Å²) < 4.78 is 60.6. The minimum atomic E-state index is -3.63. The lowest BCUT2D eigenvalue weighted by atomic mass is 10.1. The van der Waals surface area contributed by atoms with E-state index in [1.165, 1.54) is 52.8 Å². The van der Waals surface area contributed by atoms with E-state index in [1.54, 1.807) is 0 Å². The Bertz CT molecular complexity index is 1030. The van der Waals surface area contributed by atoms with Gasteiger partial charge in [-0.25, -0.2) is 13.2 Å². The van der Waals surface area contributed by atoms with Crippen molar-refractivity contribution in [2.45, 2.75) is 37.2 Å². The van der Waals surface area contributed by atoms with E-state index < -0.39 is 35.0 Å². The zero-order chi connectivity index (χ0) is 23.1. The Morgan fingerprint density at radius 3 is 2.00 bits per heavy atom. The summed E-state index contributed by atoms with van der Waals surface area (Å²) in [6.07, 6.45) is 3.64. The van der Waals surface area contributed by atoms with Gasteiger partial charge in [0.05, 0.1) is 10.5 Å². The number of carbonyl (C=O) groups excluding carboxylic acids is 2. The molecule has 1 fully saturated rings. The van der Waals surface area contributed by atoms with Gasteiger partial charge < -0.3 is 9.47 Å². The molecular formula is C22H23F2NO6S. The number of sulfonamides is 1. The van der Waals surface area contributed by atoms with Crippen molar-refractivity contribution in [1.82, 2.24) is 4.31 Å². The van der Waals surface area contributed by atoms with Crippen molar-refractivity contribution >= 4 is 21.8 Å². The Balaban J connectivity index is 1.58. The molecule has 0 radical (unpaired) electrons. The van der Waals surface area contributed by atoms with E-state index in [1.807, 2.05) is 0 Å². The van der Waals surface area contributed by atoms with E-state index in [2.05, 4.69) is 4.74 Å². The average molecular weight is 467 g/mol. The first-order chi connectivity index (χ1) is 15.3. The standard InChI is InChI=1S/C22H23F2NO6S/c23-22(24)31-18-9-5-16(6-10-18)20(26)15-30-21(27)17-7-11-19(12-8-17)32(28,29)25-13-3-1-2-4-14-25/h5-12,22H,1-4,13-15H2. The summed E-state index contributed by atoms with van der Waals surface area (Å²) in [4.78, 5) is 24.5. The number of ether oxygens (including phenoxy) is 2. The van der Waals surface area contributed by atoms with Crippen LogP contribution < -0.4 is 4.74 Å². The zero-order valence-corrected chi connectivity index (χ0v) is 18.0. The number of halogens is 2. The third-order valence-corrected chi connectivity index (χ3v) is 6.94. The first-order valence-electron chi connectivity index (χ1n) is 10.1. The molecule has 0 amide bonds. The number of ketones is 1. The number of alkyl halides is 2. The summed E-state index contributed by atoms with van der Waals surface area (Å²) in [5, 5.41) is 0. The molecule has 0 N–H and O–H groups in total. The quantitative estimate of drug-likeness (QED) is 0.432.